The van der Waals surface area contributed by atoms with Gasteiger partial charge in [-0.25, -0.2) is 4.79 Å². The van der Waals surface area contributed by atoms with Crippen molar-refractivity contribution in [1.29, 1.82) is 0 Å². The number of aromatic hydroxyl groups is 1. The summed E-state index contributed by atoms with van der Waals surface area (Å²) >= 11 is 1.37. The van der Waals surface area contributed by atoms with E-state index in [2.05, 4.69) is 41.5 Å². The van der Waals surface area contributed by atoms with E-state index >= 15 is 0 Å². The lowest BCUT2D eigenvalue weighted by molar-refractivity contribution is -0.116. The summed E-state index contributed by atoms with van der Waals surface area (Å²) in [6, 6.07) is 10.1. The zero-order valence-corrected chi connectivity index (χ0v) is 22.5. The molecule has 2 aromatic carbocycles. The molecule has 1 aromatic heterocycles. The second-order valence-corrected chi connectivity index (χ2v) is 10.6. The topological polar surface area (TPSA) is 111 Å². The van der Waals surface area contributed by atoms with Crippen LogP contribution in [0.1, 0.15) is 71.2 Å². The Kier molecular flexibility index (Phi) is 7.63. The molecule has 1 aliphatic rings. The predicted molar refractivity (Wildman–Crippen MR) is 142 cm³/mol. The fraction of sp³-hybridized carbons (Fsp3) is 0.357. The van der Waals surface area contributed by atoms with Crippen LogP contribution in [-0.2, 0) is 28.0 Å². The number of esters is 1. The normalized spacial score (nSPS) is 13.3. The van der Waals surface area contributed by atoms with Gasteiger partial charge in [0.2, 0.25) is 11.0 Å². The van der Waals surface area contributed by atoms with Crippen LogP contribution in [0.3, 0.4) is 0 Å². The van der Waals surface area contributed by atoms with Gasteiger partial charge in [-0.1, -0.05) is 53.3 Å². The maximum absolute atomic E-state index is 12.6. The van der Waals surface area contributed by atoms with Gasteiger partial charge in [0.05, 0.1) is 7.11 Å². The molecule has 0 atom stereocenters. The van der Waals surface area contributed by atoms with Crippen molar-refractivity contribution >= 4 is 28.3 Å². The largest absolute Gasteiger partial charge is 0.507 e. The Morgan fingerprint density at radius 3 is 2.68 bits per heavy atom. The summed E-state index contributed by atoms with van der Waals surface area (Å²) in [5.41, 5.74) is 3.97. The highest BCUT2D eigenvalue weighted by Gasteiger charge is 2.32. The molecule has 1 aliphatic heterocycles. The smallest absolute Gasteiger partial charge is 0.342 e. The summed E-state index contributed by atoms with van der Waals surface area (Å²) in [7, 11) is 1.54. The van der Waals surface area contributed by atoms with Crippen LogP contribution in [0.25, 0.3) is 0 Å². The van der Waals surface area contributed by atoms with Crippen LogP contribution in [0, 0.1) is 6.92 Å². The highest BCUT2D eigenvalue weighted by molar-refractivity contribution is 7.15. The van der Waals surface area contributed by atoms with Crippen LogP contribution in [0.2, 0.25) is 0 Å². The minimum atomic E-state index is -0.524. The lowest BCUT2D eigenvalue weighted by Crippen LogP contribution is -2.18. The first kappa shape index (κ1) is 26.3. The summed E-state index contributed by atoms with van der Waals surface area (Å²) in [5.74, 6) is -0.234. The molecule has 0 aliphatic carbocycles. The third kappa shape index (κ3) is 5.36. The number of fused-ring (bicyclic) bond motifs is 1. The van der Waals surface area contributed by atoms with E-state index in [1.807, 2.05) is 38.1 Å². The third-order valence-electron chi connectivity index (χ3n) is 6.75. The molecule has 0 unspecified atom stereocenters. The highest BCUT2D eigenvalue weighted by Crippen LogP contribution is 2.42. The Bertz CT molecular complexity index is 1360. The fourth-order valence-corrected chi connectivity index (χ4v) is 5.29. The number of aromatic nitrogens is 2. The number of nitrogens with one attached hydrogen (secondary N) is 1. The third-order valence-corrected chi connectivity index (χ3v) is 7.91. The Labute approximate surface area is 220 Å². The quantitative estimate of drug-likeness (QED) is 0.284. The number of carbonyl (C=O) groups excluding carboxylic acids is 2. The molecule has 8 nitrogen and oxygen atoms in total. The minimum Gasteiger partial charge on any atom is -0.507 e. The standard InChI is InChI=1S/C28H31N3O5S/c1-16(11-13-19-23(33)22-20(15-36-25(22)34)17(2)24(19)35-5)12-14-21(32)29-27-31-30-26(37-27)28(3,4)18-9-7-6-8-10-18/h6-11,33H,12-15H2,1-5H3,(H,29,31,32)/b16-11+. The van der Waals surface area contributed by atoms with Gasteiger partial charge < -0.3 is 19.9 Å². The van der Waals surface area contributed by atoms with Crippen LogP contribution in [0.4, 0.5) is 5.13 Å². The van der Waals surface area contributed by atoms with Gasteiger partial charge in [0.25, 0.3) is 0 Å². The highest BCUT2D eigenvalue weighted by atomic mass is 32.1. The Morgan fingerprint density at radius 2 is 1.97 bits per heavy atom. The number of carbonyl (C=O) groups is 2. The number of benzene rings is 2. The van der Waals surface area contributed by atoms with Crippen molar-refractivity contribution in [3.8, 4) is 11.5 Å². The Balaban J connectivity index is 1.38. The average Bonchev–Trinajstić information content (AvgIpc) is 3.52. The number of nitrogens with zero attached hydrogens (tertiary/aromatic N) is 2. The van der Waals surface area contributed by atoms with Crippen molar-refractivity contribution in [1.82, 2.24) is 10.2 Å². The molecule has 3 aromatic rings. The Hall–Kier alpha value is -3.72. The maximum atomic E-state index is 12.6. The van der Waals surface area contributed by atoms with Gasteiger partial charge in [0, 0.05) is 23.0 Å². The minimum absolute atomic E-state index is 0.104. The van der Waals surface area contributed by atoms with Gasteiger partial charge in [0.1, 0.15) is 28.7 Å². The number of amides is 1. The molecule has 0 saturated heterocycles. The summed E-state index contributed by atoms with van der Waals surface area (Å²) in [5, 5.41) is 23.4. The van der Waals surface area contributed by atoms with Gasteiger partial charge in [0.15, 0.2) is 0 Å². The number of rotatable bonds is 9. The maximum Gasteiger partial charge on any atom is 0.342 e. The predicted octanol–water partition coefficient (Wildman–Crippen LogP) is 5.46. The van der Waals surface area contributed by atoms with E-state index in [0.717, 1.165) is 21.7 Å². The summed E-state index contributed by atoms with van der Waals surface area (Å²) in [6.45, 7) is 8.08. The van der Waals surface area contributed by atoms with Crippen molar-refractivity contribution in [2.24, 2.45) is 0 Å². The SMILES string of the molecule is COc1c(C)c2c(c(O)c1C/C=C(\C)CCC(=O)Nc1nnc(C(C)(C)c3ccccc3)s1)C(=O)OC2. The second kappa shape index (κ2) is 10.7. The van der Waals surface area contributed by atoms with E-state index < -0.39 is 5.97 Å². The molecule has 0 radical (unpaired) electrons. The molecule has 9 heteroatoms. The first-order valence-corrected chi connectivity index (χ1v) is 12.9. The number of phenols is 1. The molecule has 1 amide bonds. The van der Waals surface area contributed by atoms with Gasteiger partial charge in [-0.2, -0.15) is 0 Å². The number of hydrogen-bond donors (Lipinski definition) is 2. The van der Waals surface area contributed by atoms with Crippen molar-refractivity contribution < 1.29 is 24.2 Å². The van der Waals surface area contributed by atoms with Crippen LogP contribution >= 0.6 is 11.3 Å². The van der Waals surface area contributed by atoms with Crippen molar-refractivity contribution in [2.75, 3.05) is 12.4 Å². The van der Waals surface area contributed by atoms with Gasteiger partial charge >= 0.3 is 5.97 Å². The molecule has 0 fully saturated rings. The second-order valence-electron chi connectivity index (χ2n) is 9.62. The van der Waals surface area contributed by atoms with Crippen molar-refractivity contribution in [3.63, 3.8) is 0 Å². The lowest BCUT2D eigenvalue weighted by Gasteiger charge is -2.21. The van der Waals surface area contributed by atoms with Crippen molar-refractivity contribution in [2.45, 2.75) is 59.0 Å². The molecule has 2 N–H and O–H groups in total. The molecule has 0 spiro atoms. The van der Waals surface area contributed by atoms with E-state index in [9.17, 15) is 14.7 Å². The van der Waals surface area contributed by atoms with E-state index in [1.54, 1.807) is 0 Å². The molecule has 4 rings (SSSR count). The monoisotopic (exact) mass is 521 g/mol. The van der Waals surface area contributed by atoms with E-state index in [1.165, 1.54) is 18.4 Å². The number of hydrogen-bond acceptors (Lipinski definition) is 8. The first-order valence-electron chi connectivity index (χ1n) is 12.1. The number of anilines is 1. The van der Waals surface area contributed by atoms with Crippen LogP contribution in [-0.4, -0.2) is 34.3 Å². The summed E-state index contributed by atoms with van der Waals surface area (Å²) < 4.78 is 10.6. The molecule has 0 saturated carbocycles. The first-order chi connectivity index (χ1) is 17.6. The molecule has 37 heavy (non-hydrogen) atoms. The zero-order valence-electron chi connectivity index (χ0n) is 21.7. The number of allylic oxidation sites excluding steroid dienone is 2. The van der Waals surface area contributed by atoms with Gasteiger partial charge in [-0.05, 0) is 51.7 Å². The van der Waals surface area contributed by atoms with E-state index in [-0.39, 0.29) is 35.7 Å². The Morgan fingerprint density at radius 1 is 1.24 bits per heavy atom. The lowest BCUT2D eigenvalue weighted by atomic mass is 9.85. The summed E-state index contributed by atoms with van der Waals surface area (Å²) in [6.07, 6.45) is 3.10. The number of methoxy groups -OCH3 is 1. The van der Waals surface area contributed by atoms with E-state index in [4.69, 9.17) is 9.47 Å². The molecule has 194 valence electrons. The van der Waals surface area contributed by atoms with Gasteiger partial charge in [-0.3, -0.25) is 4.79 Å². The number of phenolic OH excluding ortho intramolecular Hbond substituents is 1. The average molecular weight is 522 g/mol. The number of ether oxygens (including phenoxy) is 2. The molecular weight excluding hydrogens is 490 g/mol. The summed E-state index contributed by atoms with van der Waals surface area (Å²) in [4.78, 5) is 24.7. The van der Waals surface area contributed by atoms with Gasteiger partial charge in [-0.15, -0.1) is 10.2 Å². The van der Waals surface area contributed by atoms with E-state index in [0.29, 0.717) is 34.8 Å². The zero-order chi connectivity index (χ0) is 26.7. The van der Waals surface area contributed by atoms with Crippen LogP contribution in [0.15, 0.2) is 42.0 Å². The molecule has 2 heterocycles. The van der Waals surface area contributed by atoms with Crippen LogP contribution < -0.4 is 10.1 Å². The number of cyclic esters (lactones) is 1. The molecular formula is C28H31N3O5S. The van der Waals surface area contributed by atoms with Crippen molar-refractivity contribution in [3.05, 3.63) is 74.8 Å². The fourth-order valence-electron chi connectivity index (χ4n) is 4.40. The molecule has 0 bridgehead atoms. The van der Waals surface area contributed by atoms with Crippen LogP contribution in [0.5, 0.6) is 11.5 Å².